The third kappa shape index (κ3) is 2.58. The Morgan fingerprint density at radius 3 is 2.73 bits per heavy atom. The molecule has 1 rings (SSSR count). The quantitative estimate of drug-likeness (QED) is 0.698. The van der Waals surface area contributed by atoms with E-state index in [0.717, 1.165) is 12.1 Å². The molecule has 4 heteroatoms. The summed E-state index contributed by atoms with van der Waals surface area (Å²) in [5, 5.41) is 11.4. The van der Waals surface area contributed by atoms with Crippen molar-refractivity contribution in [2.24, 2.45) is 10.5 Å². The largest absolute Gasteiger partial charge is 0.325 e. The Kier molecular flexibility index (Phi) is 3.50. The predicted octanol–water partition coefficient (Wildman–Crippen LogP) is 2.15. The highest BCUT2D eigenvalue weighted by Crippen LogP contribution is 2.28. The van der Waals surface area contributed by atoms with Crippen molar-refractivity contribution in [3.63, 3.8) is 0 Å². The van der Waals surface area contributed by atoms with Crippen molar-refractivity contribution in [1.82, 2.24) is 10.3 Å². The Bertz CT molecular complexity index is 285. The van der Waals surface area contributed by atoms with Gasteiger partial charge in [-0.1, -0.05) is 27.7 Å². The molecule has 1 aliphatic rings. The second kappa shape index (κ2) is 4.47. The van der Waals surface area contributed by atoms with Crippen LogP contribution < -0.4 is 5.43 Å². The SMILES string of the molecule is CCC(N1C=NNC=C1C=N)C(C)(C)C. The number of nitrogens with one attached hydrogen (secondary N) is 2. The lowest BCUT2D eigenvalue weighted by Crippen LogP contribution is -2.44. The summed E-state index contributed by atoms with van der Waals surface area (Å²) >= 11 is 0. The van der Waals surface area contributed by atoms with E-state index >= 15 is 0 Å². The van der Waals surface area contributed by atoms with Gasteiger partial charge in [-0.3, -0.25) is 5.43 Å². The molecule has 0 fully saturated rings. The van der Waals surface area contributed by atoms with E-state index in [0.29, 0.717) is 6.04 Å². The number of hydrogen-bond donors (Lipinski definition) is 2. The van der Waals surface area contributed by atoms with Gasteiger partial charge >= 0.3 is 0 Å². The van der Waals surface area contributed by atoms with Gasteiger partial charge in [0.2, 0.25) is 0 Å². The van der Waals surface area contributed by atoms with Gasteiger partial charge in [-0.15, -0.1) is 0 Å². The molecular weight excluding hydrogens is 188 g/mol. The zero-order chi connectivity index (χ0) is 11.5. The Morgan fingerprint density at radius 1 is 1.60 bits per heavy atom. The van der Waals surface area contributed by atoms with Gasteiger partial charge in [-0.25, -0.2) is 0 Å². The first-order valence-corrected chi connectivity index (χ1v) is 5.28. The molecular formula is C11H20N4. The molecule has 2 N–H and O–H groups in total. The molecule has 0 aromatic carbocycles. The third-order valence-electron chi connectivity index (χ3n) is 2.64. The van der Waals surface area contributed by atoms with Gasteiger partial charge in [-0.05, 0) is 11.8 Å². The summed E-state index contributed by atoms with van der Waals surface area (Å²) in [5.74, 6) is 0. The Morgan fingerprint density at radius 2 is 2.27 bits per heavy atom. The normalized spacial score (nSPS) is 18.1. The number of rotatable bonds is 3. The summed E-state index contributed by atoms with van der Waals surface area (Å²) < 4.78 is 0. The van der Waals surface area contributed by atoms with Gasteiger partial charge in [0, 0.05) is 18.5 Å². The summed E-state index contributed by atoms with van der Waals surface area (Å²) in [6, 6.07) is 0.358. The van der Waals surface area contributed by atoms with Crippen molar-refractivity contribution in [1.29, 1.82) is 5.41 Å². The summed E-state index contributed by atoms with van der Waals surface area (Å²) in [4.78, 5) is 2.06. The van der Waals surface area contributed by atoms with Crippen molar-refractivity contribution >= 4 is 12.6 Å². The summed E-state index contributed by atoms with van der Waals surface area (Å²) in [5.41, 5.74) is 3.78. The minimum atomic E-state index is 0.167. The minimum Gasteiger partial charge on any atom is -0.325 e. The average molecular weight is 208 g/mol. The van der Waals surface area contributed by atoms with Gasteiger partial charge in [0.05, 0.1) is 5.70 Å². The average Bonchev–Trinajstić information content (AvgIpc) is 2.17. The first-order chi connectivity index (χ1) is 7.00. The van der Waals surface area contributed by atoms with Crippen LogP contribution in [0.1, 0.15) is 34.1 Å². The van der Waals surface area contributed by atoms with Gasteiger partial charge in [0.25, 0.3) is 0 Å². The molecule has 1 unspecified atom stereocenters. The second-order valence-electron chi connectivity index (χ2n) is 4.78. The molecule has 0 saturated carbocycles. The molecule has 0 radical (unpaired) electrons. The smallest absolute Gasteiger partial charge is 0.116 e. The van der Waals surface area contributed by atoms with Crippen molar-refractivity contribution in [2.75, 3.05) is 0 Å². The number of hydrazone groups is 1. The Balaban J connectivity index is 2.92. The molecule has 1 heterocycles. The minimum absolute atomic E-state index is 0.167. The van der Waals surface area contributed by atoms with Gasteiger partial charge in [0.15, 0.2) is 0 Å². The molecule has 0 aliphatic carbocycles. The van der Waals surface area contributed by atoms with Crippen LogP contribution in [0.4, 0.5) is 0 Å². The molecule has 0 aromatic heterocycles. The Labute approximate surface area is 91.6 Å². The number of allylic oxidation sites excluding steroid dienone is 1. The molecule has 1 atom stereocenters. The molecule has 1 aliphatic heterocycles. The predicted molar refractivity (Wildman–Crippen MR) is 63.9 cm³/mol. The van der Waals surface area contributed by atoms with Gasteiger partial charge in [-0.2, -0.15) is 5.10 Å². The van der Waals surface area contributed by atoms with Crippen LogP contribution in [0.5, 0.6) is 0 Å². The zero-order valence-electron chi connectivity index (χ0n) is 9.91. The maximum absolute atomic E-state index is 7.36. The van der Waals surface area contributed by atoms with E-state index in [2.05, 4.69) is 43.1 Å². The molecule has 0 saturated heterocycles. The lowest BCUT2D eigenvalue weighted by Gasteiger charge is -2.39. The monoisotopic (exact) mass is 208 g/mol. The Hall–Kier alpha value is -1.32. The highest BCUT2D eigenvalue weighted by Gasteiger charge is 2.29. The zero-order valence-corrected chi connectivity index (χ0v) is 9.91. The lowest BCUT2D eigenvalue weighted by atomic mass is 9.84. The van der Waals surface area contributed by atoms with Crippen LogP contribution in [-0.4, -0.2) is 23.5 Å². The molecule has 84 valence electrons. The van der Waals surface area contributed by atoms with E-state index < -0.39 is 0 Å². The van der Waals surface area contributed by atoms with Crippen LogP contribution in [0.3, 0.4) is 0 Å². The van der Waals surface area contributed by atoms with Gasteiger partial charge in [0.1, 0.15) is 6.34 Å². The lowest BCUT2D eigenvalue weighted by molar-refractivity contribution is 0.197. The van der Waals surface area contributed by atoms with E-state index in [9.17, 15) is 0 Å². The second-order valence-corrected chi connectivity index (χ2v) is 4.78. The topological polar surface area (TPSA) is 51.5 Å². The molecule has 4 nitrogen and oxygen atoms in total. The number of nitrogens with zero attached hydrogens (tertiary/aromatic N) is 2. The molecule has 0 spiro atoms. The van der Waals surface area contributed by atoms with E-state index in [4.69, 9.17) is 5.41 Å². The molecule has 0 aromatic rings. The van der Waals surface area contributed by atoms with E-state index in [1.54, 1.807) is 12.5 Å². The molecule has 0 amide bonds. The maximum atomic E-state index is 7.36. The fourth-order valence-corrected chi connectivity index (χ4v) is 1.94. The number of hydrogen-bond acceptors (Lipinski definition) is 4. The van der Waals surface area contributed by atoms with Crippen molar-refractivity contribution in [3.05, 3.63) is 11.9 Å². The van der Waals surface area contributed by atoms with Crippen LogP contribution >= 0.6 is 0 Å². The van der Waals surface area contributed by atoms with Crippen molar-refractivity contribution in [2.45, 2.75) is 40.2 Å². The molecule has 0 bridgehead atoms. The van der Waals surface area contributed by atoms with Crippen molar-refractivity contribution in [3.8, 4) is 0 Å². The van der Waals surface area contributed by atoms with E-state index in [1.807, 2.05) is 0 Å². The van der Waals surface area contributed by atoms with Crippen molar-refractivity contribution < 1.29 is 0 Å². The first-order valence-electron chi connectivity index (χ1n) is 5.28. The van der Waals surface area contributed by atoms with Crippen LogP contribution in [-0.2, 0) is 0 Å². The summed E-state index contributed by atoms with van der Waals surface area (Å²) in [6.07, 6.45) is 5.90. The van der Waals surface area contributed by atoms with Crippen LogP contribution in [0.25, 0.3) is 0 Å². The highest BCUT2D eigenvalue weighted by molar-refractivity contribution is 5.81. The summed E-state index contributed by atoms with van der Waals surface area (Å²) in [6.45, 7) is 8.78. The standard InChI is InChI=1S/C11H20N4/c1-5-10(11(2,3)4)15-8-14-13-7-9(15)6-12/h6-8,10,12-13H,5H2,1-4H3. The van der Waals surface area contributed by atoms with E-state index in [1.165, 1.54) is 6.21 Å². The fraction of sp³-hybridized carbons (Fsp3) is 0.636. The maximum Gasteiger partial charge on any atom is 0.116 e. The third-order valence-corrected chi connectivity index (χ3v) is 2.64. The molecule has 15 heavy (non-hydrogen) atoms. The van der Waals surface area contributed by atoms with Crippen LogP contribution in [0.2, 0.25) is 0 Å². The van der Waals surface area contributed by atoms with Crippen LogP contribution in [0.15, 0.2) is 17.0 Å². The van der Waals surface area contributed by atoms with Gasteiger partial charge < -0.3 is 10.3 Å². The van der Waals surface area contributed by atoms with Crippen LogP contribution in [0, 0.1) is 10.8 Å². The highest BCUT2D eigenvalue weighted by atomic mass is 15.4. The fourth-order valence-electron chi connectivity index (χ4n) is 1.94. The summed E-state index contributed by atoms with van der Waals surface area (Å²) in [7, 11) is 0. The first kappa shape index (κ1) is 11.8. The van der Waals surface area contributed by atoms with E-state index in [-0.39, 0.29) is 5.41 Å².